The zero-order valence-corrected chi connectivity index (χ0v) is 13.0. The van der Waals surface area contributed by atoms with Crippen molar-refractivity contribution >= 4 is 29.1 Å². The van der Waals surface area contributed by atoms with Crippen molar-refractivity contribution in [2.45, 2.75) is 26.8 Å². The minimum atomic E-state index is -0.536. The molecule has 0 spiro atoms. The van der Waals surface area contributed by atoms with Crippen molar-refractivity contribution in [2.75, 3.05) is 13.1 Å². The van der Waals surface area contributed by atoms with Crippen molar-refractivity contribution < 1.29 is 4.79 Å². The third kappa shape index (κ3) is 3.33. The van der Waals surface area contributed by atoms with Crippen LogP contribution >= 0.6 is 23.2 Å². The van der Waals surface area contributed by atoms with Gasteiger partial charge in [0.1, 0.15) is 11.6 Å². The number of carbonyl (C=O) groups excluding carboxylic acids is 1. The molecule has 20 heavy (non-hydrogen) atoms. The Hall–Kier alpha value is -1.07. The van der Waals surface area contributed by atoms with Gasteiger partial charge in [-0.1, -0.05) is 37.0 Å². The normalized spacial score (nSPS) is 22.9. The fraction of sp³-hybridized carbons (Fsp3) is 0.615. The third-order valence-corrected chi connectivity index (χ3v) is 4.20. The average Bonchev–Trinajstić information content (AvgIpc) is 2.38. The van der Waals surface area contributed by atoms with Gasteiger partial charge in [-0.15, -0.1) is 0 Å². The molecule has 0 N–H and O–H groups in total. The van der Waals surface area contributed by atoms with Crippen LogP contribution in [0.1, 0.15) is 20.3 Å². The van der Waals surface area contributed by atoms with Crippen LogP contribution in [0.2, 0.25) is 10.0 Å². The minimum absolute atomic E-state index is 0.0978. The van der Waals surface area contributed by atoms with E-state index in [0.717, 1.165) is 24.2 Å². The summed E-state index contributed by atoms with van der Waals surface area (Å²) in [5.74, 6) is 0.832. The predicted octanol–water partition coefficient (Wildman–Crippen LogP) is 2.05. The first-order chi connectivity index (χ1) is 9.38. The Morgan fingerprint density at radius 1 is 1.35 bits per heavy atom. The molecular weight excluding hydrogens is 301 g/mol. The van der Waals surface area contributed by atoms with E-state index in [1.165, 1.54) is 6.20 Å². The van der Waals surface area contributed by atoms with E-state index in [4.69, 9.17) is 23.2 Å². The van der Waals surface area contributed by atoms with Crippen LogP contribution in [0.3, 0.4) is 0 Å². The van der Waals surface area contributed by atoms with Crippen LogP contribution in [-0.4, -0.2) is 33.7 Å². The van der Waals surface area contributed by atoms with Gasteiger partial charge < -0.3 is 4.90 Å². The third-order valence-electron chi connectivity index (χ3n) is 3.45. The van der Waals surface area contributed by atoms with Crippen LogP contribution in [0.15, 0.2) is 11.0 Å². The molecule has 5 nitrogen and oxygen atoms in total. The van der Waals surface area contributed by atoms with E-state index in [2.05, 4.69) is 18.9 Å². The Bertz CT molecular complexity index is 563. The van der Waals surface area contributed by atoms with Crippen LogP contribution in [0.4, 0.5) is 0 Å². The summed E-state index contributed by atoms with van der Waals surface area (Å²) in [7, 11) is 0. The molecule has 2 rings (SSSR count). The summed E-state index contributed by atoms with van der Waals surface area (Å²) in [6, 6.07) is 0. The lowest BCUT2D eigenvalue weighted by Gasteiger charge is -2.35. The summed E-state index contributed by atoms with van der Waals surface area (Å²) in [6.45, 7) is 5.59. The van der Waals surface area contributed by atoms with Gasteiger partial charge in [0.05, 0.1) is 11.2 Å². The highest BCUT2D eigenvalue weighted by molar-refractivity contribution is 6.41. The number of hydrogen-bond acceptors (Lipinski definition) is 3. The summed E-state index contributed by atoms with van der Waals surface area (Å²) < 4.78 is 1.06. The lowest BCUT2D eigenvalue weighted by molar-refractivity contribution is -0.134. The Labute approximate surface area is 127 Å². The Morgan fingerprint density at radius 2 is 1.95 bits per heavy atom. The summed E-state index contributed by atoms with van der Waals surface area (Å²) in [6.07, 6.45) is 2.40. The van der Waals surface area contributed by atoms with E-state index >= 15 is 0 Å². The molecule has 0 saturated carbocycles. The largest absolute Gasteiger partial charge is 0.341 e. The van der Waals surface area contributed by atoms with Gasteiger partial charge in [-0.25, -0.2) is 4.68 Å². The van der Waals surface area contributed by atoms with Crippen LogP contribution in [0.5, 0.6) is 0 Å². The highest BCUT2D eigenvalue weighted by Crippen LogP contribution is 2.21. The molecule has 0 aromatic carbocycles. The lowest BCUT2D eigenvalue weighted by atomic mass is 9.92. The zero-order valence-electron chi connectivity index (χ0n) is 11.5. The van der Waals surface area contributed by atoms with E-state index < -0.39 is 5.56 Å². The fourth-order valence-electron chi connectivity index (χ4n) is 2.65. The van der Waals surface area contributed by atoms with Gasteiger partial charge in [-0.2, -0.15) is 5.10 Å². The first-order valence-electron chi connectivity index (χ1n) is 6.57. The number of carbonyl (C=O) groups is 1. The molecule has 1 aromatic heterocycles. The molecule has 1 saturated heterocycles. The standard InChI is InChI=1S/C13H17Cl2N3O2/c1-8-3-9(2)6-17(5-8)11(19)7-18-13(20)12(15)10(14)4-16-18/h4,8-9H,3,5-7H2,1-2H3. The smallest absolute Gasteiger partial charge is 0.287 e. The van der Waals surface area contributed by atoms with Crippen LogP contribution in [0.25, 0.3) is 0 Å². The quantitative estimate of drug-likeness (QED) is 0.839. The SMILES string of the molecule is CC1CC(C)CN(C(=O)Cn2ncc(Cl)c(Cl)c2=O)C1. The van der Waals surface area contributed by atoms with Crippen molar-refractivity contribution in [2.24, 2.45) is 11.8 Å². The second kappa shape index (κ2) is 6.14. The van der Waals surface area contributed by atoms with Crippen LogP contribution < -0.4 is 5.56 Å². The van der Waals surface area contributed by atoms with Gasteiger partial charge in [-0.05, 0) is 18.3 Å². The maximum absolute atomic E-state index is 12.3. The molecule has 1 aromatic rings. The molecule has 110 valence electrons. The van der Waals surface area contributed by atoms with Crippen LogP contribution in [0, 0.1) is 11.8 Å². The molecule has 7 heteroatoms. The number of amides is 1. The van der Waals surface area contributed by atoms with Crippen molar-refractivity contribution in [1.82, 2.24) is 14.7 Å². The van der Waals surface area contributed by atoms with Gasteiger partial charge in [0.25, 0.3) is 5.56 Å². The Balaban J connectivity index is 2.12. The Morgan fingerprint density at radius 3 is 2.55 bits per heavy atom. The number of hydrogen-bond donors (Lipinski definition) is 0. The molecular formula is C13H17Cl2N3O2. The number of halogens is 2. The molecule has 1 amide bonds. The molecule has 1 aliphatic heterocycles. The van der Waals surface area contributed by atoms with Crippen molar-refractivity contribution in [1.29, 1.82) is 0 Å². The van der Waals surface area contributed by atoms with E-state index in [1.807, 2.05) is 0 Å². The number of likely N-dealkylation sites (tertiary alicyclic amines) is 1. The molecule has 2 atom stereocenters. The molecule has 0 bridgehead atoms. The van der Waals surface area contributed by atoms with Gasteiger partial charge in [0.15, 0.2) is 0 Å². The van der Waals surface area contributed by atoms with Gasteiger partial charge in [-0.3, -0.25) is 9.59 Å². The van der Waals surface area contributed by atoms with E-state index in [0.29, 0.717) is 11.8 Å². The van der Waals surface area contributed by atoms with E-state index in [9.17, 15) is 9.59 Å². The maximum Gasteiger partial charge on any atom is 0.287 e. The summed E-state index contributed by atoms with van der Waals surface area (Å²) in [5, 5.41) is 3.85. The minimum Gasteiger partial charge on any atom is -0.341 e. The number of nitrogens with zero attached hydrogens (tertiary/aromatic N) is 3. The first-order valence-corrected chi connectivity index (χ1v) is 7.33. The van der Waals surface area contributed by atoms with Crippen molar-refractivity contribution in [3.8, 4) is 0 Å². The fourth-order valence-corrected chi connectivity index (χ4v) is 2.92. The molecule has 0 radical (unpaired) electrons. The zero-order chi connectivity index (χ0) is 14.9. The highest BCUT2D eigenvalue weighted by atomic mass is 35.5. The average molecular weight is 318 g/mol. The topological polar surface area (TPSA) is 55.2 Å². The van der Waals surface area contributed by atoms with E-state index in [-0.39, 0.29) is 22.5 Å². The predicted molar refractivity (Wildman–Crippen MR) is 78.0 cm³/mol. The second-order valence-electron chi connectivity index (χ2n) is 5.51. The highest BCUT2D eigenvalue weighted by Gasteiger charge is 2.26. The van der Waals surface area contributed by atoms with Crippen molar-refractivity contribution in [3.05, 3.63) is 26.6 Å². The van der Waals surface area contributed by atoms with Gasteiger partial charge >= 0.3 is 0 Å². The number of rotatable bonds is 2. The Kier molecular flexibility index (Phi) is 4.70. The van der Waals surface area contributed by atoms with E-state index in [1.54, 1.807) is 4.90 Å². The van der Waals surface area contributed by atoms with Crippen molar-refractivity contribution in [3.63, 3.8) is 0 Å². The maximum atomic E-state index is 12.3. The molecule has 0 aliphatic carbocycles. The summed E-state index contributed by atoms with van der Waals surface area (Å²) in [5.41, 5.74) is -0.536. The van der Waals surface area contributed by atoms with Gasteiger partial charge in [0.2, 0.25) is 5.91 Å². The van der Waals surface area contributed by atoms with Gasteiger partial charge in [0, 0.05) is 13.1 Å². The molecule has 2 unspecified atom stereocenters. The first kappa shape index (κ1) is 15.3. The molecule has 1 fully saturated rings. The summed E-state index contributed by atoms with van der Waals surface area (Å²) >= 11 is 11.5. The number of piperidine rings is 1. The number of aromatic nitrogens is 2. The molecule has 2 heterocycles. The summed E-state index contributed by atoms with van der Waals surface area (Å²) in [4.78, 5) is 25.9. The second-order valence-corrected chi connectivity index (χ2v) is 6.30. The lowest BCUT2D eigenvalue weighted by Crippen LogP contribution is -2.45. The monoisotopic (exact) mass is 317 g/mol. The molecule has 1 aliphatic rings. The van der Waals surface area contributed by atoms with Crippen LogP contribution in [-0.2, 0) is 11.3 Å².